The average Bonchev–Trinajstić information content (AvgIpc) is 2.86. The Morgan fingerprint density at radius 2 is 2.18 bits per heavy atom. The van der Waals surface area contributed by atoms with Crippen LogP contribution in [0, 0.1) is 12.3 Å². The number of hydrogen-bond donors (Lipinski definition) is 1. The van der Waals surface area contributed by atoms with E-state index in [9.17, 15) is 0 Å². The van der Waals surface area contributed by atoms with Gasteiger partial charge in [-0.1, -0.05) is 5.92 Å². The van der Waals surface area contributed by atoms with Crippen molar-refractivity contribution in [2.24, 2.45) is 0 Å². The zero-order valence-corrected chi connectivity index (χ0v) is 10.8. The van der Waals surface area contributed by atoms with Gasteiger partial charge in [0.25, 0.3) is 0 Å². The molecule has 2 aliphatic rings. The molecule has 2 atom stereocenters. The normalized spacial score (nSPS) is 29.1. The Hall–Kier alpha value is -0.560. The molecule has 2 unspecified atom stereocenters. The van der Waals surface area contributed by atoms with Crippen LogP contribution in [0.3, 0.4) is 0 Å². The highest BCUT2D eigenvalue weighted by Crippen LogP contribution is 2.17. The first kappa shape index (κ1) is 12.9. The number of hydrogen-bond acceptors (Lipinski definition) is 3. The molecular formula is C14H24N2O. The molecule has 2 aliphatic heterocycles. The van der Waals surface area contributed by atoms with Gasteiger partial charge in [-0.15, -0.1) is 6.42 Å². The van der Waals surface area contributed by atoms with E-state index in [4.69, 9.17) is 11.2 Å². The van der Waals surface area contributed by atoms with Gasteiger partial charge in [-0.3, -0.25) is 4.90 Å². The van der Waals surface area contributed by atoms with Gasteiger partial charge in [-0.25, -0.2) is 0 Å². The molecule has 0 radical (unpaired) electrons. The zero-order chi connectivity index (χ0) is 12.1. The van der Waals surface area contributed by atoms with Gasteiger partial charge < -0.3 is 10.1 Å². The van der Waals surface area contributed by atoms with E-state index in [0.717, 1.165) is 26.2 Å². The summed E-state index contributed by atoms with van der Waals surface area (Å²) in [4.78, 5) is 2.36. The van der Waals surface area contributed by atoms with E-state index in [0.29, 0.717) is 18.2 Å². The third-order valence-electron chi connectivity index (χ3n) is 3.92. The van der Waals surface area contributed by atoms with E-state index >= 15 is 0 Å². The fraction of sp³-hybridized carbons (Fsp3) is 0.857. The standard InChI is InChI=1S/C14H24N2O/c1-3-8-16-9-6-13(7-10-16)15-12(2)14-5-4-11-17-14/h1,12-15H,4-11H2,2H3. The van der Waals surface area contributed by atoms with Crippen LogP contribution in [0.1, 0.15) is 32.6 Å². The summed E-state index contributed by atoms with van der Waals surface area (Å²) < 4.78 is 5.72. The lowest BCUT2D eigenvalue weighted by Gasteiger charge is -2.34. The fourth-order valence-corrected chi connectivity index (χ4v) is 2.86. The van der Waals surface area contributed by atoms with Crippen LogP contribution in [0.25, 0.3) is 0 Å². The van der Waals surface area contributed by atoms with Crippen molar-refractivity contribution >= 4 is 0 Å². The summed E-state index contributed by atoms with van der Waals surface area (Å²) in [5.41, 5.74) is 0. The van der Waals surface area contributed by atoms with Gasteiger partial charge in [0, 0.05) is 31.8 Å². The summed E-state index contributed by atoms with van der Waals surface area (Å²) in [6.07, 6.45) is 10.6. The Kier molecular flexibility index (Phi) is 4.85. The van der Waals surface area contributed by atoms with Crippen molar-refractivity contribution in [3.63, 3.8) is 0 Å². The van der Waals surface area contributed by atoms with Gasteiger partial charge in [-0.2, -0.15) is 0 Å². The van der Waals surface area contributed by atoms with Gasteiger partial charge in [0.15, 0.2) is 0 Å². The summed E-state index contributed by atoms with van der Waals surface area (Å²) in [6.45, 7) is 6.25. The van der Waals surface area contributed by atoms with Crippen LogP contribution in [0.15, 0.2) is 0 Å². The third kappa shape index (κ3) is 3.70. The van der Waals surface area contributed by atoms with Gasteiger partial charge in [-0.05, 0) is 32.6 Å². The number of terminal acetylenes is 1. The molecule has 2 rings (SSSR count). The highest BCUT2D eigenvalue weighted by atomic mass is 16.5. The lowest BCUT2D eigenvalue weighted by Crippen LogP contribution is -2.48. The second-order valence-corrected chi connectivity index (χ2v) is 5.26. The zero-order valence-electron chi connectivity index (χ0n) is 10.8. The Bertz CT molecular complexity index is 260. The second kappa shape index (κ2) is 6.39. The quantitative estimate of drug-likeness (QED) is 0.743. The first-order chi connectivity index (χ1) is 8.29. The van der Waals surface area contributed by atoms with Gasteiger partial charge in [0.2, 0.25) is 0 Å². The first-order valence-electron chi connectivity index (χ1n) is 6.83. The van der Waals surface area contributed by atoms with Gasteiger partial charge in [0.05, 0.1) is 12.6 Å². The average molecular weight is 236 g/mol. The second-order valence-electron chi connectivity index (χ2n) is 5.26. The highest BCUT2D eigenvalue weighted by Gasteiger charge is 2.26. The molecule has 2 fully saturated rings. The molecule has 17 heavy (non-hydrogen) atoms. The minimum absolute atomic E-state index is 0.429. The Morgan fingerprint density at radius 3 is 2.76 bits per heavy atom. The molecule has 3 nitrogen and oxygen atoms in total. The number of ether oxygens (including phenoxy) is 1. The molecule has 0 bridgehead atoms. The minimum Gasteiger partial charge on any atom is -0.377 e. The molecule has 96 valence electrons. The van der Waals surface area contributed by atoms with E-state index in [1.807, 2.05) is 0 Å². The molecule has 0 amide bonds. The van der Waals surface area contributed by atoms with E-state index in [2.05, 4.69) is 23.1 Å². The Labute approximate surface area is 105 Å². The molecule has 3 heteroatoms. The Morgan fingerprint density at radius 1 is 1.41 bits per heavy atom. The highest BCUT2D eigenvalue weighted by molar-refractivity contribution is 4.91. The van der Waals surface area contributed by atoms with Crippen molar-refractivity contribution in [1.29, 1.82) is 0 Å². The van der Waals surface area contributed by atoms with E-state index in [-0.39, 0.29) is 0 Å². The lowest BCUT2D eigenvalue weighted by molar-refractivity contribution is 0.0748. The molecule has 2 heterocycles. The maximum atomic E-state index is 5.72. The van der Waals surface area contributed by atoms with Crippen molar-refractivity contribution < 1.29 is 4.74 Å². The van der Waals surface area contributed by atoms with E-state index < -0.39 is 0 Å². The number of rotatable bonds is 4. The smallest absolute Gasteiger partial charge is 0.0726 e. The van der Waals surface area contributed by atoms with Crippen molar-refractivity contribution in [1.82, 2.24) is 10.2 Å². The van der Waals surface area contributed by atoms with Crippen LogP contribution in [-0.4, -0.2) is 49.3 Å². The number of nitrogens with zero attached hydrogens (tertiary/aromatic N) is 1. The van der Waals surface area contributed by atoms with E-state index in [1.54, 1.807) is 0 Å². The summed E-state index contributed by atoms with van der Waals surface area (Å²) in [6, 6.07) is 1.13. The summed E-state index contributed by atoms with van der Waals surface area (Å²) in [5.74, 6) is 2.72. The van der Waals surface area contributed by atoms with Gasteiger partial charge >= 0.3 is 0 Å². The molecule has 0 aromatic heterocycles. The number of piperidine rings is 1. The van der Waals surface area contributed by atoms with Crippen LogP contribution in [0.2, 0.25) is 0 Å². The maximum absolute atomic E-state index is 5.72. The van der Waals surface area contributed by atoms with Crippen LogP contribution < -0.4 is 5.32 Å². The molecule has 2 saturated heterocycles. The van der Waals surface area contributed by atoms with Crippen LogP contribution in [-0.2, 0) is 4.74 Å². The Balaban J connectivity index is 1.68. The SMILES string of the molecule is C#CCN1CCC(NC(C)C2CCCO2)CC1. The monoisotopic (exact) mass is 236 g/mol. The first-order valence-corrected chi connectivity index (χ1v) is 6.83. The van der Waals surface area contributed by atoms with Crippen LogP contribution in [0.5, 0.6) is 0 Å². The third-order valence-corrected chi connectivity index (χ3v) is 3.92. The van der Waals surface area contributed by atoms with E-state index in [1.165, 1.54) is 25.7 Å². The summed E-state index contributed by atoms with van der Waals surface area (Å²) >= 11 is 0. The summed E-state index contributed by atoms with van der Waals surface area (Å²) in [5, 5.41) is 3.72. The van der Waals surface area contributed by atoms with Crippen LogP contribution >= 0.6 is 0 Å². The molecule has 1 N–H and O–H groups in total. The van der Waals surface area contributed by atoms with Crippen molar-refractivity contribution in [3.05, 3.63) is 0 Å². The topological polar surface area (TPSA) is 24.5 Å². The predicted molar refractivity (Wildman–Crippen MR) is 69.9 cm³/mol. The predicted octanol–water partition coefficient (Wildman–Crippen LogP) is 1.24. The molecule has 0 aromatic carbocycles. The molecule has 0 spiro atoms. The van der Waals surface area contributed by atoms with Crippen molar-refractivity contribution in [2.45, 2.75) is 50.8 Å². The van der Waals surface area contributed by atoms with Crippen molar-refractivity contribution in [2.75, 3.05) is 26.2 Å². The number of likely N-dealkylation sites (tertiary alicyclic amines) is 1. The number of nitrogens with one attached hydrogen (secondary N) is 1. The summed E-state index contributed by atoms with van der Waals surface area (Å²) in [7, 11) is 0. The lowest BCUT2D eigenvalue weighted by atomic mass is 10.0. The minimum atomic E-state index is 0.429. The molecule has 0 aromatic rings. The van der Waals surface area contributed by atoms with Gasteiger partial charge in [0.1, 0.15) is 0 Å². The van der Waals surface area contributed by atoms with Crippen molar-refractivity contribution in [3.8, 4) is 12.3 Å². The maximum Gasteiger partial charge on any atom is 0.0726 e. The molecular weight excluding hydrogens is 212 g/mol. The molecule has 0 aliphatic carbocycles. The largest absolute Gasteiger partial charge is 0.377 e. The van der Waals surface area contributed by atoms with Crippen LogP contribution in [0.4, 0.5) is 0 Å². The fourth-order valence-electron chi connectivity index (χ4n) is 2.86. The molecule has 0 saturated carbocycles.